The maximum atomic E-state index is 11.9. The maximum Gasteiger partial charge on any atom is 0.326 e. The Balaban J connectivity index is 4.47. The second-order valence-corrected chi connectivity index (χ2v) is 4.26. The Morgan fingerprint density at radius 1 is 1.39 bits per heavy atom. The third-order valence-corrected chi connectivity index (χ3v) is 2.79. The van der Waals surface area contributed by atoms with Gasteiger partial charge in [-0.05, 0) is 12.8 Å². The highest BCUT2D eigenvalue weighted by molar-refractivity contribution is 5.82. The van der Waals surface area contributed by atoms with Gasteiger partial charge in [0, 0.05) is 14.2 Å². The summed E-state index contributed by atoms with van der Waals surface area (Å²) in [7, 11) is 3.07. The molecule has 2 N–H and O–H groups in total. The van der Waals surface area contributed by atoms with Gasteiger partial charge < -0.3 is 20.1 Å². The molecule has 18 heavy (non-hydrogen) atoms. The van der Waals surface area contributed by atoms with Gasteiger partial charge in [0.2, 0.25) is 0 Å². The first kappa shape index (κ1) is 16.7. The Labute approximate surface area is 108 Å². The topological polar surface area (TPSA) is 78.9 Å². The number of carbonyl (C=O) groups excluding carboxylic acids is 1. The van der Waals surface area contributed by atoms with E-state index in [1.54, 1.807) is 14.0 Å². The number of carboxylic acid groups (broad SMARTS) is 1. The summed E-state index contributed by atoms with van der Waals surface area (Å²) >= 11 is 0. The average Bonchev–Trinajstić information content (AvgIpc) is 2.29. The number of nitrogens with zero attached hydrogens (tertiary/aromatic N) is 1. The minimum atomic E-state index is -0.992. The van der Waals surface area contributed by atoms with Crippen molar-refractivity contribution in [1.82, 2.24) is 10.2 Å². The van der Waals surface area contributed by atoms with Crippen LogP contribution in [0.15, 0.2) is 0 Å². The van der Waals surface area contributed by atoms with Gasteiger partial charge in [0.1, 0.15) is 6.04 Å². The molecule has 0 saturated carbocycles. The van der Waals surface area contributed by atoms with Crippen molar-refractivity contribution in [3.8, 4) is 0 Å². The van der Waals surface area contributed by atoms with Crippen molar-refractivity contribution in [3.05, 3.63) is 0 Å². The summed E-state index contributed by atoms with van der Waals surface area (Å²) in [5.41, 5.74) is 0. The van der Waals surface area contributed by atoms with Crippen molar-refractivity contribution in [3.63, 3.8) is 0 Å². The minimum absolute atomic E-state index is 0.0822. The molecule has 0 saturated heterocycles. The Kier molecular flexibility index (Phi) is 8.11. The number of carbonyl (C=O) groups is 2. The lowest BCUT2D eigenvalue weighted by Crippen LogP contribution is -2.50. The Bertz CT molecular complexity index is 265. The Hall–Kier alpha value is -1.30. The lowest BCUT2D eigenvalue weighted by molar-refractivity contribution is -0.141. The van der Waals surface area contributed by atoms with Crippen LogP contribution in [0.2, 0.25) is 0 Å². The Morgan fingerprint density at radius 2 is 2.00 bits per heavy atom. The molecule has 0 aliphatic carbocycles. The van der Waals surface area contributed by atoms with E-state index in [1.165, 1.54) is 11.9 Å². The summed E-state index contributed by atoms with van der Waals surface area (Å²) in [6, 6.07) is -1.25. The third kappa shape index (κ3) is 5.35. The first-order valence-electron chi connectivity index (χ1n) is 6.22. The number of hydrogen-bond donors (Lipinski definition) is 2. The number of amides is 2. The van der Waals surface area contributed by atoms with Crippen LogP contribution in [0.3, 0.4) is 0 Å². The molecule has 0 fully saturated rings. The first-order valence-corrected chi connectivity index (χ1v) is 6.22. The number of ether oxygens (including phenoxy) is 1. The summed E-state index contributed by atoms with van der Waals surface area (Å²) in [6.45, 7) is 4.18. The quantitative estimate of drug-likeness (QED) is 0.689. The highest BCUT2D eigenvalue weighted by atomic mass is 16.5. The molecule has 0 heterocycles. The number of likely N-dealkylation sites (N-methyl/N-ethyl adjacent to an activating group) is 1. The van der Waals surface area contributed by atoms with Crippen LogP contribution < -0.4 is 5.32 Å². The van der Waals surface area contributed by atoms with Crippen molar-refractivity contribution < 1.29 is 19.4 Å². The number of carboxylic acids is 1. The van der Waals surface area contributed by atoms with Crippen LogP contribution in [0, 0.1) is 0 Å². The SMILES string of the molecule is CCCC(COC)NC(=O)N(C)C(CC)C(=O)O. The number of urea groups is 1. The summed E-state index contributed by atoms with van der Waals surface area (Å²) in [6.07, 6.45) is 2.10. The first-order chi connectivity index (χ1) is 8.47. The van der Waals surface area contributed by atoms with E-state index in [2.05, 4.69) is 5.32 Å². The second-order valence-electron chi connectivity index (χ2n) is 4.26. The fourth-order valence-electron chi connectivity index (χ4n) is 1.78. The van der Waals surface area contributed by atoms with E-state index in [-0.39, 0.29) is 12.1 Å². The van der Waals surface area contributed by atoms with Gasteiger partial charge in [0.25, 0.3) is 0 Å². The van der Waals surface area contributed by atoms with Gasteiger partial charge in [-0.2, -0.15) is 0 Å². The number of nitrogens with one attached hydrogen (secondary N) is 1. The van der Waals surface area contributed by atoms with Crippen LogP contribution in [0.25, 0.3) is 0 Å². The molecule has 0 bridgehead atoms. The molecule has 0 aliphatic heterocycles. The van der Waals surface area contributed by atoms with Crippen LogP contribution in [-0.2, 0) is 9.53 Å². The van der Waals surface area contributed by atoms with Crippen LogP contribution in [0.1, 0.15) is 33.1 Å². The highest BCUT2D eigenvalue weighted by Crippen LogP contribution is 2.04. The van der Waals surface area contributed by atoms with Gasteiger partial charge in [-0.15, -0.1) is 0 Å². The van der Waals surface area contributed by atoms with Gasteiger partial charge in [-0.3, -0.25) is 0 Å². The van der Waals surface area contributed by atoms with Gasteiger partial charge in [0.15, 0.2) is 0 Å². The normalized spacial score (nSPS) is 13.8. The van der Waals surface area contributed by atoms with E-state index >= 15 is 0 Å². The van der Waals surface area contributed by atoms with Crippen LogP contribution in [0.5, 0.6) is 0 Å². The molecule has 2 atom stereocenters. The van der Waals surface area contributed by atoms with Gasteiger partial charge in [-0.1, -0.05) is 20.3 Å². The monoisotopic (exact) mass is 260 g/mol. The van der Waals surface area contributed by atoms with Crippen molar-refractivity contribution in [2.24, 2.45) is 0 Å². The molecular weight excluding hydrogens is 236 g/mol. The van der Waals surface area contributed by atoms with E-state index in [0.29, 0.717) is 13.0 Å². The fourth-order valence-corrected chi connectivity index (χ4v) is 1.78. The molecule has 2 amide bonds. The standard InChI is InChI=1S/C12H24N2O4/c1-5-7-9(8-18-4)13-12(17)14(3)10(6-2)11(15)16/h9-10H,5-8H2,1-4H3,(H,13,17)(H,15,16). The summed E-state index contributed by atoms with van der Waals surface area (Å²) in [5, 5.41) is 11.8. The largest absolute Gasteiger partial charge is 0.480 e. The van der Waals surface area contributed by atoms with E-state index in [9.17, 15) is 9.59 Å². The molecule has 6 nitrogen and oxygen atoms in total. The van der Waals surface area contributed by atoms with E-state index in [0.717, 1.165) is 12.8 Å². The molecule has 0 aromatic carbocycles. The molecule has 0 radical (unpaired) electrons. The van der Waals surface area contributed by atoms with Crippen molar-refractivity contribution in [2.45, 2.75) is 45.2 Å². The van der Waals surface area contributed by atoms with Gasteiger partial charge in [-0.25, -0.2) is 9.59 Å². The van der Waals surface area contributed by atoms with Gasteiger partial charge in [0.05, 0.1) is 12.6 Å². The lowest BCUT2D eigenvalue weighted by atomic mass is 10.2. The van der Waals surface area contributed by atoms with Gasteiger partial charge >= 0.3 is 12.0 Å². The zero-order valence-corrected chi connectivity index (χ0v) is 11.6. The fraction of sp³-hybridized carbons (Fsp3) is 0.833. The van der Waals surface area contributed by atoms with Crippen molar-refractivity contribution in [1.29, 1.82) is 0 Å². The molecule has 0 aromatic rings. The van der Waals surface area contributed by atoms with Crippen molar-refractivity contribution >= 4 is 12.0 Å². The average molecular weight is 260 g/mol. The summed E-state index contributed by atoms with van der Waals surface area (Å²) in [4.78, 5) is 24.1. The zero-order valence-electron chi connectivity index (χ0n) is 11.6. The maximum absolute atomic E-state index is 11.9. The third-order valence-electron chi connectivity index (χ3n) is 2.79. The van der Waals surface area contributed by atoms with E-state index < -0.39 is 12.0 Å². The molecule has 0 aromatic heterocycles. The van der Waals surface area contributed by atoms with Crippen molar-refractivity contribution in [2.75, 3.05) is 20.8 Å². The number of rotatable bonds is 8. The second kappa shape index (κ2) is 8.74. The van der Waals surface area contributed by atoms with Crippen LogP contribution in [-0.4, -0.2) is 54.9 Å². The minimum Gasteiger partial charge on any atom is -0.480 e. The smallest absolute Gasteiger partial charge is 0.326 e. The lowest BCUT2D eigenvalue weighted by Gasteiger charge is -2.27. The Morgan fingerprint density at radius 3 is 2.39 bits per heavy atom. The molecule has 0 aliphatic rings. The van der Waals surface area contributed by atoms with Crippen LogP contribution >= 0.6 is 0 Å². The predicted octanol–water partition coefficient (Wildman–Crippen LogP) is 1.31. The molecule has 0 rings (SSSR count). The highest BCUT2D eigenvalue weighted by Gasteiger charge is 2.25. The van der Waals surface area contributed by atoms with Crippen LogP contribution in [0.4, 0.5) is 4.79 Å². The van der Waals surface area contributed by atoms with E-state index in [4.69, 9.17) is 9.84 Å². The molecule has 0 spiro atoms. The predicted molar refractivity (Wildman–Crippen MR) is 68.6 cm³/mol. The van der Waals surface area contributed by atoms with E-state index in [1.807, 2.05) is 6.92 Å². The number of aliphatic carboxylic acids is 1. The number of hydrogen-bond acceptors (Lipinski definition) is 3. The molecule has 2 unspecified atom stereocenters. The number of methoxy groups -OCH3 is 1. The molecular formula is C12H24N2O4. The molecule has 106 valence electrons. The summed E-state index contributed by atoms with van der Waals surface area (Å²) in [5.74, 6) is -0.992. The molecule has 6 heteroatoms. The summed E-state index contributed by atoms with van der Waals surface area (Å²) < 4.78 is 5.02. The zero-order chi connectivity index (χ0) is 14.1.